The van der Waals surface area contributed by atoms with Gasteiger partial charge in [0.2, 0.25) is 11.8 Å². The maximum Gasteiger partial charge on any atom is 0.277 e. The van der Waals surface area contributed by atoms with E-state index in [0.717, 1.165) is 17.7 Å². The molecule has 0 unspecified atom stereocenters. The number of carbonyl (C=O) groups excluding carboxylic acids is 1. The van der Waals surface area contributed by atoms with Crippen LogP contribution in [0, 0.1) is 5.92 Å². The molecule has 0 bridgehead atoms. The van der Waals surface area contributed by atoms with Crippen LogP contribution in [0.15, 0.2) is 64.2 Å². The fourth-order valence-electron chi connectivity index (χ4n) is 3.58. The van der Waals surface area contributed by atoms with E-state index >= 15 is 0 Å². The number of hydrogen-bond donors (Lipinski definition) is 1. The zero-order chi connectivity index (χ0) is 21.7. The predicted octanol–water partition coefficient (Wildman–Crippen LogP) is 3.37. The van der Waals surface area contributed by atoms with Crippen molar-refractivity contribution in [3.8, 4) is 0 Å². The van der Waals surface area contributed by atoms with E-state index in [1.54, 1.807) is 0 Å². The van der Waals surface area contributed by atoms with E-state index in [4.69, 9.17) is 4.42 Å². The van der Waals surface area contributed by atoms with Crippen molar-refractivity contribution in [3.63, 3.8) is 0 Å². The molecule has 9 heteroatoms. The molecular formula is C22H23N3O4S2. The minimum Gasteiger partial charge on any atom is -0.416 e. The van der Waals surface area contributed by atoms with Gasteiger partial charge in [-0.25, -0.2) is 8.42 Å². The van der Waals surface area contributed by atoms with Gasteiger partial charge in [-0.1, -0.05) is 60.3 Å². The van der Waals surface area contributed by atoms with Crippen LogP contribution in [0.1, 0.15) is 23.4 Å². The number of nitrogens with one attached hydrogen (secondary N) is 1. The maximum atomic E-state index is 12.5. The Morgan fingerprint density at radius 3 is 2.65 bits per heavy atom. The molecule has 3 aromatic rings. The van der Waals surface area contributed by atoms with Crippen LogP contribution >= 0.6 is 11.8 Å². The molecule has 0 aliphatic carbocycles. The summed E-state index contributed by atoms with van der Waals surface area (Å²) in [7, 11) is -2.93. The maximum absolute atomic E-state index is 12.5. The number of aromatic nitrogens is 2. The Balaban J connectivity index is 1.30. The second-order valence-electron chi connectivity index (χ2n) is 7.59. The van der Waals surface area contributed by atoms with Gasteiger partial charge in [0.15, 0.2) is 9.84 Å². The molecule has 31 heavy (non-hydrogen) atoms. The fourth-order valence-corrected chi connectivity index (χ4v) is 6.03. The van der Waals surface area contributed by atoms with Crippen LogP contribution in [0.3, 0.4) is 0 Å². The first-order valence-corrected chi connectivity index (χ1v) is 12.8. The molecule has 1 aromatic heterocycles. The highest BCUT2D eigenvalue weighted by atomic mass is 32.2. The number of sulfone groups is 1. The number of benzene rings is 2. The molecule has 1 aliphatic rings. The zero-order valence-corrected chi connectivity index (χ0v) is 18.5. The highest BCUT2D eigenvalue weighted by Crippen LogP contribution is 2.24. The summed E-state index contributed by atoms with van der Waals surface area (Å²) in [5.74, 6) is 0.805. The molecule has 1 N–H and O–H groups in total. The molecule has 4 rings (SSSR count). The molecule has 1 atom stereocenters. The summed E-state index contributed by atoms with van der Waals surface area (Å²) in [5, 5.41) is 11.2. The summed E-state index contributed by atoms with van der Waals surface area (Å²) in [6.45, 7) is 0. The molecule has 7 nitrogen and oxygen atoms in total. The first kappa shape index (κ1) is 21.6. The first-order chi connectivity index (χ1) is 15.0. The summed E-state index contributed by atoms with van der Waals surface area (Å²) >= 11 is 1.17. The number of amides is 1. The minimum absolute atomic E-state index is 0.0210. The lowest BCUT2D eigenvalue weighted by Gasteiger charge is -2.11. The van der Waals surface area contributed by atoms with Crippen LogP contribution in [0.25, 0.3) is 0 Å². The summed E-state index contributed by atoms with van der Waals surface area (Å²) < 4.78 is 28.7. The van der Waals surface area contributed by atoms with Crippen molar-refractivity contribution in [2.24, 2.45) is 5.92 Å². The Hall–Kier alpha value is -2.65. The van der Waals surface area contributed by atoms with Crippen molar-refractivity contribution in [3.05, 3.63) is 71.6 Å². The predicted molar refractivity (Wildman–Crippen MR) is 120 cm³/mol. The van der Waals surface area contributed by atoms with Gasteiger partial charge in [0.1, 0.15) is 0 Å². The third kappa shape index (κ3) is 6.18. The summed E-state index contributed by atoms with van der Waals surface area (Å²) in [6.07, 6.45) is 1.80. The van der Waals surface area contributed by atoms with Crippen molar-refractivity contribution in [2.45, 2.75) is 24.5 Å². The molecule has 2 heterocycles. The SMILES string of the molecule is O=C(CSc1nnc(C[C@@H]2CCS(=O)(=O)C2)o1)Nc1ccccc1Cc1ccccc1. The second-order valence-corrected chi connectivity index (χ2v) is 10.7. The topological polar surface area (TPSA) is 102 Å². The van der Waals surface area contributed by atoms with Crippen LogP contribution in [0.5, 0.6) is 0 Å². The monoisotopic (exact) mass is 457 g/mol. The second kappa shape index (κ2) is 9.65. The van der Waals surface area contributed by atoms with Crippen molar-refractivity contribution >= 4 is 33.2 Å². The van der Waals surface area contributed by atoms with Gasteiger partial charge in [-0.3, -0.25) is 4.79 Å². The average Bonchev–Trinajstić information content (AvgIpc) is 3.34. The minimum atomic E-state index is -2.93. The van der Waals surface area contributed by atoms with Crippen LogP contribution in [0.4, 0.5) is 5.69 Å². The van der Waals surface area contributed by atoms with Gasteiger partial charge in [-0.2, -0.15) is 0 Å². The Kier molecular flexibility index (Phi) is 6.72. The third-order valence-electron chi connectivity index (χ3n) is 5.09. The molecule has 1 fully saturated rings. The van der Waals surface area contributed by atoms with Crippen LogP contribution < -0.4 is 5.32 Å². The van der Waals surface area contributed by atoms with Gasteiger partial charge < -0.3 is 9.73 Å². The van der Waals surface area contributed by atoms with Gasteiger partial charge in [-0.05, 0) is 36.0 Å². The molecule has 0 spiro atoms. The Morgan fingerprint density at radius 1 is 1.10 bits per heavy atom. The molecule has 1 aliphatic heterocycles. The van der Waals surface area contributed by atoms with Crippen LogP contribution in [0.2, 0.25) is 0 Å². The van der Waals surface area contributed by atoms with E-state index in [2.05, 4.69) is 27.6 Å². The quantitative estimate of drug-likeness (QED) is 0.517. The number of para-hydroxylation sites is 1. The number of rotatable bonds is 8. The highest BCUT2D eigenvalue weighted by Gasteiger charge is 2.29. The number of carbonyl (C=O) groups is 1. The van der Waals surface area contributed by atoms with Gasteiger partial charge in [0, 0.05) is 12.1 Å². The van der Waals surface area contributed by atoms with E-state index in [-0.39, 0.29) is 29.1 Å². The van der Waals surface area contributed by atoms with E-state index in [1.807, 2.05) is 42.5 Å². The first-order valence-electron chi connectivity index (χ1n) is 10.0. The van der Waals surface area contributed by atoms with E-state index < -0.39 is 9.84 Å². The summed E-state index contributed by atoms with van der Waals surface area (Å²) in [4.78, 5) is 12.5. The molecule has 1 amide bonds. The average molecular weight is 458 g/mol. The Bertz CT molecular complexity index is 1150. The van der Waals surface area contributed by atoms with Gasteiger partial charge in [0.05, 0.1) is 17.3 Å². The molecule has 1 saturated heterocycles. The van der Waals surface area contributed by atoms with Crippen molar-refractivity contribution < 1.29 is 17.6 Å². The lowest BCUT2D eigenvalue weighted by atomic mass is 10.0. The van der Waals surface area contributed by atoms with Crippen LogP contribution in [-0.4, -0.2) is 41.8 Å². The normalized spacial score (nSPS) is 17.5. The van der Waals surface area contributed by atoms with Crippen molar-refractivity contribution in [2.75, 3.05) is 22.6 Å². The molecule has 162 valence electrons. The Labute approximate surface area is 185 Å². The highest BCUT2D eigenvalue weighted by molar-refractivity contribution is 7.99. The molecular weight excluding hydrogens is 434 g/mol. The largest absolute Gasteiger partial charge is 0.416 e. The summed E-state index contributed by atoms with van der Waals surface area (Å²) in [6, 6.07) is 17.8. The van der Waals surface area contributed by atoms with Gasteiger partial charge in [0.25, 0.3) is 5.22 Å². The number of anilines is 1. The van der Waals surface area contributed by atoms with E-state index in [1.165, 1.54) is 17.3 Å². The third-order valence-corrected chi connectivity index (χ3v) is 7.75. The molecule has 0 saturated carbocycles. The van der Waals surface area contributed by atoms with Crippen molar-refractivity contribution in [1.29, 1.82) is 0 Å². The number of nitrogens with zero attached hydrogens (tertiary/aromatic N) is 2. The van der Waals surface area contributed by atoms with Crippen molar-refractivity contribution in [1.82, 2.24) is 10.2 Å². The standard InChI is InChI=1S/C22H23N3O4S2/c26-20(23-19-9-5-4-8-18(19)12-16-6-2-1-3-7-16)14-30-22-25-24-21(29-22)13-17-10-11-31(27,28)15-17/h1-9,17H,10-15H2,(H,23,26)/t17-/m0/s1. The van der Waals surface area contributed by atoms with Crippen LogP contribution in [-0.2, 0) is 27.5 Å². The number of hydrogen-bond acceptors (Lipinski definition) is 7. The van der Waals surface area contributed by atoms with Gasteiger partial charge in [-0.15, -0.1) is 10.2 Å². The smallest absolute Gasteiger partial charge is 0.277 e. The zero-order valence-electron chi connectivity index (χ0n) is 16.9. The summed E-state index contributed by atoms with van der Waals surface area (Å²) in [5.41, 5.74) is 3.00. The molecule has 0 radical (unpaired) electrons. The number of thioether (sulfide) groups is 1. The van der Waals surface area contributed by atoms with E-state index in [0.29, 0.717) is 24.0 Å². The molecule has 2 aromatic carbocycles. The van der Waals surface area contributed by atoms with Gasteiger partial charge >= 0.3 is 0 Å². The fraction of sp³-hybridized carbons (Fsp3) is 0.318. The lowest BCUT2D eigenvalue weighted by molar-refractivity contribution is -0.113. The van der Waals surface area contributed by atoms with E-state index in [9.17, 15) is 13.2 Å². The lowest BCUT2D eigenvalue weighted by Crippen LogP contribution is -2.15. The Morgan fingerprint density at radius 2 is 1.87 bits per heavy atom.